The van der Waals surface area contributed by atoms with Crippen molar-refractivity contribution in [3.8, 4) is 17.7 Å². The van der Waals surface area contributed by atoms with Crippen molar-refractivity contribution in [2.24, 2.45) is 0 Å². The molecule has 0 spiro atoms. The SMILES string of the molecule is CNc1ccc([N+](=O)[O-])c(Oc2cccc(F)c2C#N)n1. The molecule has 0 fully saturated rings. The van der Waals surface area contributed by atoms with Gasteiger partial charge in [-0.3, -0.25) is 10.1 Å². The first-order chi connectivity index (χ1) is 10.1. The highest BCUT2D eigenvalue weighted by Crippen LogP contribution is 2.32. The van der Waals surface area contributed by atoms with E-state index in [1.54, 1.807) is 13.1 Å². The van der Waals surface area contributed by atoms with Crippen molar-refractivity contribution in [1.82, 2.24) is 4.98 Å². The van der Waals surface area contributed by atoms with Gasteiger partial charge in [0, 0.05) is 13.1 Å². The Morgan fingerprint density at radius 3 is 2.81 bits per heavy atom. The zero-order valence-electron chi connectivity index (χ0n) is 10.8. The minimum Gasteiger partial charge on any atom is -0.432 e. The second-order valence-corrected chi connectivity index (χ2v) is 3.85. The molecule has 106 valence electrons. The number of hydrogen-bond donors (Lipinski definition) is 1. The van der Waals surface area contributed by atoms with Crippen molar-refractivity contribution in [3.05, 3.63) is 51.8 Å². The summed E-state index contributed by atoms with van der Waals surface area (Å²) in [4.78, 5) is 14.2. The summed E-state index contributed by atoms with van der Waals surface area (Å²) in [5, 5.41) is 22.6. The molecule has 1 heterocycles. The number of anilines is 1. The van der Waals surface area contributed by atoms with Crippen LogP contribution in [-0.4, -0.2) is 17.0 Å². The molecule has 2 rings (SSSR count). The Morgan fingerprint density at radius 2 is 2.19 bits per heavy atom. The van der Waals surface area contributed by atoms with Crippen LogP contribution in [-0.2, 0) is 0 Å². The van der Waals surface area contributed by atoms with Crippen molar-refractivity contribution in [1.29, 1.82) is 5.26 Å². The largest absolute Gasteiger partial charge is 0.432 e. The summed E-state index contributed by atoms with van der Waals surface area (Å²) < 4.78 is 18.7. The molecule has 0 unspecified atom stereocenters. The molecule has 7 nitrogen and oxygen atoms in total. The van der Waals surface area contributed by atoms with Crippen LogP contribution in [0.4, 0.5) is 15.9 Å². The molecule has 0 radical (unpaired) electrons. The van der Waals surface area contributed by atoms with Gasteiger partial charge in [-0.25, -0.2) is 4.39 Å². The van der Waals surface area contributed by atoms with E-state index in [4.69, 9.17) is 10.00 Å². The van der Waals surface area contributed by atoms with Crippen LogP contribution in [0.5, 0.6) is 11.6 Å². The van der Waals surface area contributed by atoms with Gasteiger partial charge in [0.2, 0.25) is 0 Å². The molecule has 0 amide bonds. The fourth-order valence-corrected chi connectivity index (χ4v) is 1.59. The fourth-order valence-electron chi connectivity index (χ4n) is 1.59. The van der Waals surface area contributed by atoms with E-state index in [1.807, 2.05) is 0 Å². The predicted octanol–water partition coefficient (Wildman–Crippen LogP) is 2.83. The number of ether oxygens (including phenoxy) is 1. The van der Waals surface area contributed by atoms with Gasteiger partial charge >= 0.3 is 11.6 Å². The maximum absolute atomic E-state index is 13.5. The third kappa shape index (κ3) is 2.87. The molecular formula is C13H9FN4O3. The van der Waals surface area contributed by atoms with Crippen LogP contribution in [0.1, 0.15) is 5.56 Å². The lowest BCUT2D eigenvalue weighted by molar-refractivity contribution is -0.386. The number of aromatic nitrogens is 1. The maximum Gasteiger partial charge on any atom is 0.331 e. The highest BCUT2D eigenvalue weighted by molar-refractivity contribution is 5.52. The van der Waals surface area contributed by atoms with Crippen LogP contribution >= 0.6 is 0 Å². The van der Waals surface area contributed by atoms with E-state index in [-0.39, 0.29) is 22.9 Å². The predicted molar refractivity (Wildman–Crippen MR) is 71.6 cm³/mol. The molecule has 0 saturated carbocycles. The van der Waals surface area contributed by atoms with E-state index in [0.29, 0.717) is 5.82 Å². The third-order valence-electron chi connectivity index (χ3n) is 2.59. The minimum absolute atomic E-state index is 0.138. The topological polar surface area (TPSA) is 101 Å². The van der Waals surface area contributed by atoms with Gasteiger partial charge in [-0.2, -0.15) is 10.2 Å². The first-order valence-corrected chi connectivity index (χ1v) is 5.76. The molecule has 1 aromatic heterocycles. The van der Waals surface area contributed by atoms with Gasteiger partial charge in [0.25, 0.3) is 0 Å². The maximum atomic E-state index is 13.5. The Morgan fingerprint density at radius 1 is 1.43 bits per heavy atom. The number of nitrogens with zero attached hydrogens (tertiary/aromatic N) is 3. The van der Waals surface area contributed by atoms with Crippen LogP contribution in [0.15, 0.2) is 30.3 Å². The summed E-state index contributed by atoms with van der Waals surface area (Å²) in [6.07, 6.45) is 0. The third-order valence-corrected chi connectivity index (χ3v) is 2.59. The quantitative estimate of drug-likeness (QED) is 0.685. The molecule has 21 heavy (non-hydrogen) atoms. The lowest BCUT2D eigenvalue weighted by Crippen LogP contribution is -2.00. The normalized spacial score (nSPS) is 9.76. The number of pyridine rings is 1. The van der Waals surface area contributed by atoms with Crippen molar-refractivity contribution in [3.63, 3.8) is 0 Å². The van der Waals surface area contributed by atoms with Gasteiger partial charge < -0.3 is 10.1 Å². The number of benzene rings is 1. The van der Waals surface area contributed by atoms with Gasteiger partial charge in [0.1, 0.15) is 23.3 Å². The summed E-state index contributed by atoms with van der Waals surface area (Å²) in [7, 11) is 1.58. The molecule has 0 aliphatic carbocycles. The van der Waals surface area contributed by atoms with Crippen molar-refractivity contribution >= 4 is 11.5 Å². The second-order valence-electron chi connectivity index (χ2n) is 3.85. The number of hydrogen-bond acceptors (Lipinski definition) is 6. The van der Waals surface area contributed by atoms with Gasteiger partial charge in [0.15, 0.2) is 5.75 Å². The number of rotatable bonds is 4. The Labute approximate surface area is 118 Å². The smallest absolute Gasteiger partial charge is 0.331 e. The standard InChI is InChI=1S/C13H9FN4O3/c1-16-12-6-5-10(18(19)20)13(17-12)21-11-4-2-3-9(14)8(11)7-15/h2-6H,1H3,(H,16,17). The van der Waals surface area contributed by atoms with E-state index in [0.717, 1.165) is 6.07 Å². The Bertz CT molecular complexity index is 743. The number of halogens is 1. The zero-order valence-corrected chi connectivity index (χ0v) is 10.8. The van der Waals surface area contributed by atoms with Crippen LogP contribution < -0.4 is 10.1 Å². The first kappa shape index (κ1) is 14.2. The van der Waals surface area contributed by atoms with Crippen molar-refractivity contribution < 1.29 is 14.1 Å². The van der Waals surface area contributed by atoms with E-state index in [1.165, 1.54) is 24.3 Å². The molecular weight excluding hydrogens is 279 g/mol. The van der Waals surface area contributed by atoms with Gasteiger partial charge in [-0.05, 0) is 18.2 Å². The van der Waals surface area contributed by atoms with Crippen molar-refractivity contribution in [2.75, 3.05) is 12.4 Å². The molecule has 0 aliphatic rings. The summed E-state index contributed by atoms with van der Waals surface area (Å²) >= 11 is 0. The van der Waals surface area contributed by atoms with Crippen LogP contribution in [0.2, 0.25) is 0 Å². The number of nitriles is 1. The van der Waals surface area contributed by atoms with E-state index < -0.39 is 10.7 Å². The van der Waals surface area contributed by atoms with E-state index in [9.17, 15) is 14.5 Å². The first-order valence-electron chi connectivity index (χ1n) is 5.76. The van der Waals surface area contributed by atoms with E-state index in [2.05, 4.69) is 10.3 Å². The highest BCUT2D eigenvalue weighted by Gasteiger charge is 2.20. The molecule has 1 aromatic carbocycles. The van der Waals surface area contributed by atoms with Crippen LogP contribution in [0.25, 0.3) is 0 Å². The second kappa shape index (κ2) is 5.83. The molecule has 0 atom stereocenters. The van der Waals surface area contributed by atoms with Gasteiger partial charge in [0.05, 0.1) is 4.92 Å². The number of nitro groups is 1. The summed E-state index contributed by atoms with van der Waals surface area (Å²) in [6.45, 7) is 0. The zero-order chi connectivity index (χ0) is 15.4. The summed E-state index contributed by atoms with van der Waals surface area (Å²) in [5.41, 5.74) is -0.731. The Hall–Kier alpha value is -3.21. The molecule has 8 heteroatoms. The molecule has 0 aliphatic heterocycles. The van der Waals surface area contributed by atoms with Gasteiger partial charge in [-0.15, -0.1) is 0 Å². The monoisotopic (exact) mass is 288 g/mol. The minimum atomic E-state index is -0.776. The average molecular weight is 288 g/mol. The van der Waals surface area contributed by atoms with E-state index >= 15 is 0 Å². The highest BCUT2D eigenvalue weighted by atomic mass is 19.1. The molecule has 2 aromatic rings. The lowest BCUT2D eigenvalue weighted by atomic mass is 10.2. The summed E-state index contributed by atoms with van der Waals surface area (Å²) in [6, 6.07) is 8.02. The van der Waals surface area contributed by atoms with Crippen LogP contribution in [0.3, 0.4) is 0 Å². The molecule has 1 N–H and O–H groups in total. The molecule has 0 saturated heterocycles. The fraction of sp³-hybridized carbons (Fsp3) is 0.0769. The van der Waals surface area contributed by atoms with Crippen molar-refractivity contribution in [2.45, 2.75) is 0 Å². The molecule has 0 bridgehead atoms. The Kier molecular flexibility index (Phi) is 3.95. The number of nitrogens with one attached hydrogen (secondary N) is 1. The average Bonchev–Trinajstić information content (AvgIpc) is 2.47. The van der Waals surface area contributed by atoms with Crippen LogP contribution in [0, 0.1) is 27.3 Å². The van der Waals surface area contributed by atoms with Gasteiger partial charge in [-0.1, -0.05) is 6.07 Å². The summed E-state index contributed by atoms with van der Waals surface area (Å²) in [5.74, 6) is -0.900. The lowest BCUT2D eigenvalue weighted by Gasteiger charge is -2.08. The Balaban J connectivity index is 2.51.